The fourth-order valence-electron chi connectivity index (χ4n) is 8.60. The third kappa shape index (κ3) is 7.57. The topological polar surface area (TPSA) is 125 Å². The minimum Gasteiger partial charge on any atom is -0.455 e. The number of rotatable bonds is 9. The third-order valence-electron chi connectivity index (χ3n) is 11.6. The number of Topliss-reactive ketones (excluding diaryl/α,β-unsaturated/α-hetero) is 1. The summed E-state index contributed by atoms with van der Waals surface area (Å²) in [7, 11) is 0. The molecule has 9 nitrogen and oxygen atoms in total. The molecular formula is C46H54O9. The van der Waals surface area contributed by atoms with E-state index in [0.29, 0.717) is 29.6 Å². The standard InChI is InChI=1S/C44H48O9.C2H6/c1-8-14-35-43(25-50-35,53-29(5)45)38-26(2)27(3)39(47)37-28(4)34(51-36(46)22-20-30-19-21-31-15-12-13-18-33(31)23-30)24-44(49,42(37,6)7)40(38)52-41(48)32-16-10-9-11-17-32;1-2/h9-13,15-23,34-35,38,40,49H,8,14,24-25H2,1-7H3;1-2H3/b22-20+,27-26-;/t34-,35+,38+,40-,43-,44+;/m0./s1. The molecule has 3 aromatic carbocycles. The molecule has 0 unspecified atom stereocenters. The molecule has 6 rings (SSSR count). The maximum absolute atomic E-state index is 14.7. The molecule has 1 heterocycles. The number of carbonyl (C=O) groups excluding carboxylic acids is 4. The summed E-state index contributed by atoms with van der Waals surface area (Å²) in [6.07, 6.45) is 0.951. The van der Waals surface area contributed by atoms with Crippen LogP contribution in [0.25, 0.3) is 16.8 Å². The van der Waals surface area contributed by atoms with Crippen molar-refractivity contribution in [1.29, 1.82) is 0 Å². The fourth-order valence-corrected chi connectivity index (χ4v) is 8.60. The highest BCUT2D eigenvalue weighted by atomic mass is 16.6. The van der Waals surface area contributed by atoms with Crippen LogP contribution in [0, 0.1) is 11.3 Å². The van der Waals surface area contributed by atoms with Crippen molar-refractivity contribution in [2.24, 2.45) is 11.3 Å². The van der Waals surface area contributed by atoms with Crippen molar-refractivity contribution >= 4 is 40.5 Å². The summed E-state index contributed by atoms with van der Waals surface area (Å²) in [5.74, 6) is -3.27. The van der Waals surface area contributed by atoms with Crippen LogP contribution in [0.3, 0.4) is 0 Å². The van der Waals surface area contributed by atoms with E-state index < -0.39 is 58.8 Å². The zero-order valence-electron chi connectivity index (χ0n) is 33.4. The zero-order chi connectivity index (χ0) is 40.3. The average Bonchev–Trinajstić information content (AvgIpc) is 3.17. The van der Waals surface area contributed by atoms with Gasteiger partial charge in [-0.25, -0.2) is 9.59 Å². The molecule has 2 aliphatic carbocycles. The Hall–Kier alpha value is -4.86. The van der Waals surface area contributed by atoms with E-state index in [-0.39, 0.29) is 29.9 Å². The van der Waals surface area contributed by atoms with Crippen LogP contribution in [0.5, 0.6) is 0 Å². The molecule has 6 atom stereocenters. The largest absolute Gasteiger partial charge is 0.455 e. The van der Waals surface area contributed by atoms with Crippen LogP contribution >= 0.6 is 0 Å². The first-order valence-electron chi connectivity index (χ1n) is 19.2. The number of hydrogen-bond donors (Lipinski definition) is 1. The Balaban J connectivity index is 0.00000285. The lowest BCUT2D eigenvalue weighted by Crippen LogP contribution is -2.73. The van der Waals surface area contributed by atoms with Crippen LogP contribution in [0.15, 0.2) is 101 Å². The Bertz CT molecular complexity index is 2040. The van der Waals surface area contributed by atoms with Crippen LogP contribution in [0.2, 0.25) is 0 Å². The average molecular weight is 751 g/mol. The highest BCUT2D eigenvalue weighted by Gasteiger charge is 2.69. The summed E-state index contributed by atoms with van der Waals surface area (Å²) < 4.78 is 24.8. The van der Waals surface area contributed by atoms with E-state index in [9.17, 15) is 24.3 Å². The third-order valence-corrected chi connectivity index (χ3v) is 11.6. The number of esters is 3. The van der Waals surface area contributed by atoms with Crippen molar-refractivity contribution in [3.63, 3.8) is 0 Å². The van der Waals surface area contributed by atoms with Crippen molar-refractivity contribution < 1.29 is 43.2 Å². The highest BCUT2D eigenvalue weighted by Crippen LogP contribution is 2.58. The maximum atomic E-state index is 14.7. The van der Waals surface area contributed by atoms with Gasteiger partial charge in [-0.2, -0.15) is 0 Å². The molecule has 1 aliphatic heterocycles. The van der Waals surface area contributed by atoms with E-state index in [1.807, 2.05) is 63.2 Å². The molecule has 3 aromatic rings. The van der Waals surface area contributed by atoms with Gasteiger partial charge in [0, 0.05) is 30.4 Å². The van der Waals surface area contributed by atoms with Crippen LogP contribution in [0.4, 0.5) is 0 Å². The van der Waals surface area contributed by atoms with Gasteiger partial charge in [0.05, 0.1) is 18.1 Å². The fraction of sp³-hybridized carbons (Fsp3) is 0.435. The van der Waals surface area contributed by atoms with E-state index in [2.05, 4.69) is 0 Å². The number of benzene rings is 3. The maximum Gasteiger partial charge on any atom is 0.338 e. The van der Waals surface area contributed by atoms with Gasteiger partial charge in [0.1, 0.15) is 23.9 Å². The molecule has 1 N–H and O–H groups in total. The van der Waals surface area contributed by atoms with Crippen LogP contribution < -0.4 is 0 Å². The monoisotopic (exact) mass is 750 g/mol. The van der Waals surface area contributed by atoms with Crippen molar-refractivity contribution in [3.05, 3.63) is 112 Å². The van der Waals surface area contributed by atoms with Gasteiger partial charge in [0.25, 0.3) is 0 Å². The highest BCUT2D eigenvalue weighted by molar-refractivity contribution is 6.10. The molecule has 0 amide bonds. The van der Waals surface area contributed by atoms with Gasteiger partial charge in [0.15, 0.2) is 11.4 Å². The van der Waals surface area contributed by atoms with Crippen LogP contribution in [-0.2, 0) is 33.3 Å². The Kier molecular flexibility index (Phi) is 12.4. The van der Waals surface area contributed by atoms with E-state index in [1.54, 1.807) is 71.0 Å². The molecule has 0 spiro atoms. The predicted octanol–water partition coefficient (Wildman–Crippen LogP) is 8.53. The van der Waals surface area contributed by atoms with Crippen molar-refractivity contribution in [2.75, 3.05) is 6.61 Å². The summed E-state index contributed by atoms with van der Waals surface area (Å²) >= 11 is 0. The van der Waals surface area contributed by atoms with Gasteiger partial charge in [-0.05, 0) is 78.9 Å². The normalized spacial score (nSPS) is 28.7. The first kappa shape index (κ1) is 41.3. The number of ether oxygens (including phenoxy) is 4. The van der Waals surface area contributed by atoms with E-state index in [1.165, 1.54) is 13.0 Å². The Labute approximate surface area is 324 Å². The van der Waals surface area contributed by atoms with Gasteiger partial charge in [-0.1, -0.05) is 101 Å². The second kappa shape index (κ2) is 16.5. The number of fused-ring (bicyclic) bond motifs is 3. The summed E-state index contributed by atoms with van der Waals surface area (Å²) in [5.41, 5.74) is -2.02. The van der Waals surface area contributed by atoms with Gasteiger partial charge in [-0.15, -0.1) is 0 Å². The molecular weight excluding hydrogens is 696 g/mol. The van der Waals surface area contributed by atoms with Gasteiger partial charge in [-0.3, -0.25) is 9.59 Å². The molecule has 3 aliphatic rings. The summed E-state index contributed by atoms with van der Waals surface area (Å²) in [6.45, 7) is 15.9. The first-order valence-corrected chi connectivity index (χ1v) is 19.2. The van der Waals surface area contributed by atoms with Crippen molar-refractivity contribution in [1.82, 2.24) is 0 Å². The number of allylic oxidation sites excluding steroid dienone is 1. The zero-order valence-corrected chi connectivity index (χ0v) is 33.4. The Morgan fingerprint density at radius 3 is 2.18 bits per heavy atom. The van der Waals surface area contributed by atoms with Gasteiger partial charge in [0.2, 0.25) is 0 Å². The molecule has 0 aromatic heterocycles. The lowest BCUT2D eigenvalue weighted by molar-refractivity contribution is -0.294. The Morgan fingerprint density at radius 1 is 0.909 bits per heavy atom. The SMILES string of the molecule is CC.CCC[C@H]1OC[C@@]1(OC(C)=O)[C@@H]1/C(C)=C(/C)C(=O)C2=C(C)[C@@H](OC(=O)/C=C/c3ccc4ccccc4c3)C[C@@](O)([C@H]1OC(=O)c1ccccc1)C2(C)C. The molecule has 0 radical (unpaired) electrons. The minimum absolute atomic E-state index is 0.0314. The van der Waals surface area contributed by atoms with Crippen molar-refractivity contribution in [2.45, 2.75) is 111 Å². The molecule has 1 saturated heterocycles. The molecule has 0 saturated carbocycles. The van der Waals surface area contributed by atoms with E-state index in [4.69, 9.17) is 18.9 Å². The lowest BCUT2D eigenvalue weighted by atomic mass is 9.52. The number of ketones is 1. The summed E-state index contributed by atoms with van der Waals surface area (Å²) in [5, 5.41) is 15.4. The van der Waals surface area contributed by atoms with Gasteiger partial charge >= 0.3 is 17.9 Å². The molecule has 1 fully saturated rings. The van der Waals surface area contributed by atoms with Gasteiger partial charge < -0.3 is 24.1 Å². The van der Waals surface area contributed by atoms with E-state index >= 15 is 0 Å². The lowest BCUT2D eigenvalue weighted by Gasteiger charge is -2.60. The second-order valence-corrected chi connectivity index (χ2v) is 15.1. The van der Waals surface area contributed by atoms with Crippen molar-refractivity contribution in [3.8, 4) is 0 Å². The smallest absolute Gasteiger partial charge is 0.338 e. The second-order valence-electron chi connectivity index (χ2n) is 15.1. The number of hydrogen-bond acceptors (Lipinski definition) is 9. The molecule has 9 heteroatoms. The first-order chi connectivity index (χ1) is 26.1. The summed E-state index contributed by atoms with van der Waals surface area (Å²) in [6, 6.07) is 22.2. The van der Waals surface area contributed by atoms with Crippen LogP contribution in [0.1, 0.15) is 97.5 Å². The Morgan fingerprint density at radius 2 is 1.56 bits per heavy atom. The predicted molar refractivity (Wildman–Crippen MR) is 212 cm³/mol. The molecule has 292 valence electrons. The summed E-state index contributed by atoms with van der Waals surface area (Å²) in [4.78, 5) is 55.1. The number of aliphatic hydroxyl groups is 1. The molecule has 2 bridgehead atoms. The number of carbonyl (C=O) groups is 4. The minimum atomic E-state index is -2.01. The quantitative estimate of drug-likeness (QED) is 0.130. The van der Waals surface area contributed by atoms with E-state index in [0.717, 1.165) is 16.3 Å². The molecule has 55 heavy (non-hydrogen) atoms. The van der Waals surface area contributed by atoms with Crippen LogP contribution in [-0.4, -0.2) is 64.9 Å².